The van der Waals surface area contributed by atoms with Gasteiger partial charge in [-0.2, -0.15) is 0 Å². The highest BCUT2D eigenvalue weighted by Crippen LogP contribution is 2.14. The lowest BCUT2D eigenvalue weighted by atomic mass is 10.1. The van der Waals surface area contributed by atoms with E-state index in [-0.39, 0.29) is 22.5 Å². The van der Waals surface area contributed by atoms with Crippen LogP contribution in [0.4, 0.5) is 0 Å². The Balaban J connectivity index is 2.03. The highest BCUT2D eigenvalue weighted by Gasteiger charge is 2.17. The normalized spacial score (nSPS) is 11.3. The van der Waals surface area contributed by atoms with Crippen molar-refractivity contribution in [1.82, 2.24) is 19.3 Å². The third-order valence-electron chi connectivity index (χ3n) is 5.93. The van der Waals surface area contributed by atoms with Crippen LogP contribution in [0.5, 0.6) is 0 Å². The zero-order valence-corrected chi connectivity index (χ0v) is 19.5. The van der Waals surface area contributed by atoms with E-state index in [1.54, 1.807) is 16.8 Å². The molecule has 3 aromatic heterocycles. The van der Waals surface area contributed by atoms with E-state index < -0.39 is 0 Å². The molecule has 172 valence electrons. The van der Waals surface area contributed by atoms with Crippen molar-refractivity contribution in [2.45, 2.75) is 78.7 Å². The molecule has 0 fully saturated rings. The Hall–Kier alpha value is -2.96. The monoisotopic (exact) mass is 437 g/mol. The van der Waals surface area contributed by atoms with Gasteiger partial charge in [-0.25, -0.2) is 4.98 Å². The molecule has 3 heterocycles. The number of amides is 1. The van der Waals surface area contributed by atoms with Gasteiger partial charge in [0.15, 0.2) is 0 Å². The Kier molecular flexibility index (Phi) is 8.20. The number of hydrogen-bond acceptors (Lipinski definition) is 4. The average Bonchev–Trinajstić information content (AvgIpc) is 2.78. The number of pyridine rings is 2. The van der Waals surface area contributed by atoms with Crippen LogP contribution in [0.1, 0.15) is 81.1 Å². The number of fused-ring (bicyclic) bond motifs is 2. The van der Waals surface area contributed by atoms with Gasteiger partial charge < -0.3 is 9.88 Å². The van der Waals surface area contributed by atoms with Gasteiger partial charge in [0.2, 0.25) is 0 Å². The maximum Gasteiger partial charge on any atom is 0.267 e. The Labute approximate surface area is 189 Å². The molecule has 0 bridgehead atoms. The molecule has 32 heavy (non-hydrogen) atoms. The maximum atomic E-state index is 13.3. The number of aryl methyl sites for hydroxylation is 2. The molecule has 0 saturated carbocycles. The molecule has 7 nitrogen and oxygen atoms in total. The summed E-state index contributed by atoms with van der Waals surface area (Å²) in [5.41, 5.74) is 2.07. The fraction of sp³-hybridized carbons (Fsp3) is 0.520. The van der Waals surface area contributed by atoms with Crippen LogP contribution in [0, 0.1) is 12.3 Å². The first-order valence-electron chi connectivity index (χ1n) is 11.9. The van der Waals surface area contributed by atoms with E-state index in [0.29, 0.717) is 29.8 Å². The van der Waals surface area contributed by atoms with E-state index in [4.69, 9.17) is 10.4 Å². The molecule has 0 aliphatic rings. The summed E-state index contributed by atoms with van der Waals surface area (Å²) in [6.45, 7) is 7.34. The van der Waals surface area contributed by atoms with Crippen molar-refractivity contribution < 1.29 is 4.79 Å². The predicted molar refractivity (Wildman–Crippen MR) is 128 cm³/mol. The first kappa shape index (κ1) is 23.7. The molecule has 0 saturated heterocycles. The van der Waals surface area contributed by atoms with Crippen molar-refractivity contribution in [3.63, 3.8) is 0 Å². The van der Waals surface area contributed by atoms with E-state index >= 15 is 0 Å². The van der Waals surface area contributed by atoms with Gasteiger partial charge in [0.25, 0.3) is 11.5 Å². The molecular weight excluding hydrogens is 402 g/mol. The van der Waals surface area contributed by atoms with E-state index in [1.165, 1.54) is 23.7 Å². The number of nitrogens with zero attached hydrogens (tertiary/aromatic N) is 3. The minimum Gasteiger partial charge on any atom is -0.352 e. The second kappa shape index (κ2) is 11.1. The van der Waals surface area contributed by atoms with Crippen molar-refractivity contribution >= 4 is 22.6 Å². The minimum absolute atomic E-state index is 0.113. The van der Waals surface area contributed by atoms with E-state index in [1.807, 2.05) is 19.1 Å². The maximum absolute atomic E-state index is 13.3. The molecule has 3 rings (SSSR count). The van der Waals surface area contributed by atoms with E-state index in [0.717, 1.165) is 37.7 Å². The fourth-order valence-corrected chi connectivity index (χ4v) is 4.03. The number of unbranched alkanes of at least 4 members (excludes halogenated alkanes) is 6. The Morgan fingerprint density at radius 1 is 1.06 bits per heavy atom. The molecule has 0 aromatic carbocycles. The van der Waals surface area contributed by atoms with Gasteiger partial charge in [-0.1, -0.05) is 58.4 Å². The molecule has 0 atom stereocenters. The zero-order chi connectivity index (χ0) is 23.1. The van der Waals surface area contributed by atoms with Gasteiger partial charge in [-0.05, 0) is 37.5 Å². The number of rotatable bonds is 11. The average molecular weight is 438 g/mol. The minimum atomic E-state index is -0.301. The first-order chi connectivity index (χ1) is 15.5. The van der Waals surface area contributed by atoms with E-state index in [2.05, 4.69) is 19.2 Å². The third kappa shape index (κ3) is 5.09. The second-order valence-electron chi connectivity index (χ2n) is 8.47. The molecule has 1 amide bonds. The van der Waals surface area contributed by atoms with Crippen LogP contribution in [0.15, 0.2) is 29.2 Å². The number of carbonyl (C=O) groups is 1. The predicted octanol–water partition coefficient (Wildman–Crippen LogP) is 4.33. The van der Waals surface area contributed by atoms with Crippen LogP contribution in [-0.2, 0) is 6.54 Å². The van der Waals surface area contributed by atoms with Gasteiger partial charge in [0, 0.05) is 19.3 Å². The Morgan fingerprint density at radius 3 is 2.53 bits per heavy atom. The summed E-state index contributed by atoms with van der Waals surface area (Å²) in [4.78, 5) is 31.0. The topological polar surface area (TPSA) is 92.2 Å². The van der Waals surface area contributed by atoms with Gasteiger partial charge in [0.1, 0.15) is 16.8 Å². The van der Waals surface area contributed by atoms with Crippen LogP contribution >= 0.6 is 0 Å². The molecule has 0 spiro atoms. The van der Waals surface area contributed by atoms with Gasteiger partial charge >= 0.3 is 0 Å². The molecule has 2 N–H and O–H groups in total. The summed E-state index contributed by atoms with van der Waals surface area (Å²) in [6.07, 6.45) is 10.2. The number of hydrogen-bond donors (Lipinski definition) is 2. The first-order valence-corrected chi connectivity index (χ1v) is 11.9. The largest absolute Gasteiger partial charge is 0.352 e. The van der Waals surface area contributed by atoms with Crippen LogP contribution in [-0.4, -0.2) is 26.4 Å². The van der Waals surface area contributed by atoms with Crippen LogP contribution < -0.4 is 16.4 Å². The van der Waals surface area contributed by atoms with Crippen LogP contribution in [0.25, 0.3) is 16.7 Å². The lowest BCUT2D eigenvalue weighted by Gasteiger charge is -2.15. The summed E-state index contributed by atoms with van der Waals surface area (Å²) in [5, 5.41) is 12.1. The summed E-state index contributed by atoms with van der Waals surface area (Å²) in [7, 11) is 0. The summed E-state index contributed by atoms with van der Waals surface area (Å²) < 4.78 is 3.25. The molecular formula is C25H35N5O2. The summed E-state index contributed by atoms with van der Waals surface area (Å²) in [5.74, 6) is -0.301. The molecule has 0 aliphatic heterocycles. The van der Waals surface area contributed by atoms with Crippen molar-refractivity contribution in [3.8, 4) is 0 Å². The third-order valence-corrected chi connectivity index (χ3v) is 5.93. The second-order valence-corrected chi connectivity index (χ2v) is 8.47. The zero-order valence-electron chi connectivity index (χ0n) is 19.5. The lowest BCUT2D eigenvalue weighted by Crippen LogP contribution is -2.35. The standard InChI is InChI=1S/C25H35N5O2/c1-4-6-8-9-10-14-27-24(31)19-17-20-23(29(21(19)26)15-11-7-5-2)28-22-18(3)13-12-16-30(22)25(20)32/h12-13,16-17,26H,4-11,14-15H2,1-3H3,(H,27,31). The Bertz CT molecular complexity index is 1210. The SMILES string of the molecule is CCCCCCCNC(=O)c1cc2c(=O)n3cccc(C)c3nc2n(CCCCC)c1=N. The molecule has 3 aromatic rings. The van der Waals surface area contributed by atoms with Crippen LogP contribution in [0.2, 0.25) is 0 Å². The fourth-order valence-electron chi connectivity index (χ4n) is 4.03. The quantitative estimate of drug-likeness (QED) is 0.345. The highest BCUT2D eigenvalue weighted by molar-refractivity contribution is 5.96. The Morgan fingerprint density at radius 2 is 1.78 bits per heavy atom. The molecule has 0 aliphatic carbocycles. The van der Waals surface area contributed by atoms with Crippen molar-refractivity contribution in [2.75, 3.05) is 6.54 Å². The van der Waals surface area contributed by atoms with Crippen molar-refractivity contribution in [1.29, 1.82) is 5.41 Å². The van der Waals surface area contributed by atoms with Crippen molar-refractivity contribution in [3.05, 3.63) is 51.4 Å². The number of carbonyl (C=O) groups excluding carboxylic acids is 1. The summed E-state index contributed by atoms with van der Waals surface area (Å²) >= 11 is 0. The van der Waals surface area contributed by atoms with Gasteiger partial charge in [-0.15, -0.1) is 0 Å². The lowest BCUT2D eigenvalue weighted by molar-refractivity contribution is 0.0950. The number of nitrogens with one attached hydrogen (secondary N) is 2. The van der Waals surface area contributed by atoms with Crippen molar-refractivity contribution in [2.24, 2.45) is 0 Å². The van der Waals surface area contributed by atoms with Crippen LogP contribution in [0.3, 0.4) is 0 Å². The summed E-state index contributed by atoms with van der Waals surface area (Å²) in [6, 6.07) is 5.28. The molecule has 7 heteroatoms. The van der Waals surface area contributed by atoms with Gasteiger partial charge in [-0.3, -0.25) is 19.4 Å². The molecule has 0 unspecified atom stereocenters. The van der Waals surface area contributed by atoms with Gasteiger partial charge in [0.05, 0.1) is 10.9 Å². The molecule has 0 radical (unpaired) electrons. The number of aromatic nitrogens is 3. The van der Waals surface area contributed by atoms with E-state index in [9.17, 15) is 9.59 Å². The highest BCUT2D eigenvalue weighted by atomic mass is 16.1. The smallest absolute Gasteiger partial charge is 0.267 e.